The first-order chi connectivity index (χ1) is 16.5. The molecule has 3 aromatic carbocycles. The summed E-state index contributed by atoms with van der Waals surface area (Å²) in [7, 11) is -2.61. The van der Waals surface area contributed by atoms with E-state index < -0.39 is 22.5 Å². The highest BCUT2D eigenvalue weighted by molar-refractivity contribution is 9.10. The van der Waals surface area contributed by atoms with Crippen molar-refractivity contribution < 1.29 is 23.1 Å². The number of anilines is 1. The number of phenols is 1. The molecule has 10 heteroatoms. The molecule has 0 saturated carbocycles. The molecular weight excluding hydrogens is 534 g/mol. The zero-order valence-electron chi connectivity index (χ0n) is 19.7. The number of hydrogen-bond donors (Lipinski definition) is 2. The Morgan fingerprint density at radius 2 is 1.69 bits per heavy atom. The fourth-order valence-corrected chi connectivity index (χ4v) is 5.28. The number of halogens is 1. The molecule has 0 bridgehead atoms. The molecule has 0 aromatic heterocycles. The number of aryl methyl sites for hydroxylation is 3. The van der Waals surface area contributed by atoms with Crippen molar-refractivity contribution in [1.82, 2.24) is 5.43 Å². The number of hydrogen-bond acceptors (Lipinski definition) is 6. The molecule has 0 unspecified atom stereocenters. The predicted molar refractivity (Wildman–Crippen MR) is 140 cm³/mol. The van der Waals surface area contributed by atoms with Gasteiger partial charge in [0.15, 0.2) is 11.5 Å². The molecule has 3 rings (SSSR count). The third-order valence-corrected chi connectivity index (χ3v) is 7.46. The monoisotopic (exact) mass is 559 g/mol. The first kappa shape index (κ1) is 26.2. The number of benzene rings is 3. The van der Waals surface area contributed by atoms with E-state index in [0.29, 0.717) is 15.7 Å². The normalized spacial score (nSPS) is 11.5. The van der Waals surface area contributed by atoms with E-state index in [-0.39, 0.29) is 16.4 Å². The van der Waals surface area contributed by atoms with Crippen LogP contribution in [0.2, 0.25) is 0 Å². The number of methoxy groups -OCH3 is 1. The Morgan fingerprint density at radius 3 is 2.29 bits per heavy atom. The lowest BCUT2D eigenvalue weighted by Crippen LogP contribution is -2.39. The Balaban J connectivity index is 1.87. The van der Waals surface area contributed by atoms with Crippen LogP contribution in [0, 0.1) is 20.8 Å². The number of nitrogens with zero attached hydrogens (tertiary/aromatic N) is 2. The number of nitrogens with one attached hydrogen (secondary N) is 1. The number of amides is 1. The van der Waals surface area contributed by atoms with E-state index in [1.54, 1.807) is 36.4 Å². The maximum absolute atomic E-state index is 13.5. The van der Waals surface area contributed by atoms with Gasteiger partial charge in [0.1, 0.15) is 6.54 Å². The Hall–Kier alpha value is -3.37. The van der Waals surface area contributed by atoms with Crippen LogP contribution in [-0.4, -0.2) is 39.3 Å². The van der Waals surface area contributed by atoms with Crippen LogP contribution in [0.5, 0.6) is 11.5 Å². The van der Waals surface area contributed by atoms with Crippen LogP contribution in [0.15, 0.2) is 69.1 Å². The Kier molecular flexibility index (Phi) is 8.18. The van der Waals surface area contributed by atoms with E-state index in [1.165, 1.54) is 25.5 Å². The highest BCUT2D eigenvalue weighted by Gasteiger charge is 2.27. The third kappa shape index (κ3) is 6.40. The van der Waals surface area contributed by atoms with Gasteiger partial charge in [0, 0.05) is 0 Å². The maximum atomic E-state index is 13.5. The molecule has 2 N–H and O–H groups in total. The smallest absolute Gasteiger partial charge is 0.264 e. The van der Waals surface area contributed by atoms with Crippen molar-refractivity contribution in [2.24, 2.45) is 5.10 Å². The molecule has 3 aromatic rings. The first-order valence-corrected chi connectivity index (χ1v) is 12.8. The average Bonchev–Trinajstić information content (AvgIpc) is 2.79. The second-order valence-electron chi connectivity index (χ2n) is 8.02. The van der Waals surface area contributed by atoms with E-state index in [9.17, 15) is 18.3 Å². The van der Waals surface area contributed by atoms with Gasteiger partial charge in [-0.3, -0.25) is 9.10 Å². The van der Waals surface area contributed by atoms with Crippen molar-refractivity contribution in [3.63, 3.8) is 0 Å². The molecular formula is C25H26BrN3O5S. The number of sulfonamides is 1. The van der Waals surface area contributed by atoms with E-state index in [2.05, 4.69) is 26.5 Å². The minimum absolute atomic E-state index is 0.0564. The number of ether oxygens (including phenoxy) is 1. The molecule has 0 aliphatic carbocycles. The van der Waals surface area contributed by atoms with Gasteiger partial charge >= 0.3 is 0 Å². The van der Waals surface area contributed by atoms with E-state index >= 15 is 0 Å². The van der Waals surface area contributed by atoms with Crippen molar-refractivity contribution in [3.8, 4) is 11.5 Å². The summed E-state index contributed by atoms with van der Waals surface area (Å²) in [5, 5.41) is 13.9. The van der Waals surface area contributed by atoms with Crippen LogP contribution in [0.1, 0.15) is 22.3 Å². The molecule has 0 saturated heterocycles. The minimum Gasteiger partial charge on any atom is -0.503 e. The molecule has 0 heterocycles. The molecule has 0 aliphatic rings. The summed E-state index contributed by atoms with van der Waals surface area (Å²) in [6.45, 7) is 5.12. The standard InChI is InChI=1S/C25H26BrN3O5S/c1-16-5-7-21(8-6-16)35(32,33)29(20-10-17(2)9-18(3)11-20)15-24(30)28-27-14-19-12-22(26)25(31)23(13-19)34-4/h5-14,31H,15H2,1-4H3,(H,28,30)/b27-14-. The minimum atomic E-state index is -4.03. The summed E-state index contributed by atoms with van der Waals surface area (Å²) in [6.07, 6.45) is 1.36. The lowest BCUT2D eigenvalue weighted by Gasteiger charge is -2.24. The number of hydrazone groups is 1. The van der Waals surface area contributed by atoms with Crippen LogP contribution >= 0.6 is 15.9 Å². The number of aromatic hydroxyl groups is 1. The van der Waals surface area contributed by atoms with Gasteiger partial charge in [-0.15, -0.1) is 0 Å². The van der Waals surface area contributed by atoms with Crippen LogP contribution < -0.4 is 14.5 Å². The maximum Gasteiger partial charge on any atom is 0.264 e. The summed E-state index contributed by atoms with van der Waals surface area (Å²) in [5.74, 6) is -0.447. The fraction of sp³-hybridized carbons (Fsp3) is 0.200. The summed E-state index contributed by atoms with van der Waals surface area (Å²) >= 11 is 3.22. The van der Waals surface area contributed by atoms with Crippen molar-refractivity contribution in [2.45, 2.75) is 25.7 Å². The Bertz CT molecular complexity index is 1350. The number of carbonyl (C=O) groups is 1. The Morgan fingerprint density at radius 1 is 1.06 bits per heavy atom. The molecule has 35 heavy (non-hydrogen) atoms. The van der Waals surface area contributed by atoms with Crippen molar-refractivity contribution in [1.29, 1.82) is 0 Å². The van der Waals surface area contributed by atoms with Gasteiger partial charge in [0.2, 0.25) is 0 Å². The van der Waals surface area contributed by atoms with Crippen LogP contribution in [-0.2, 0) is 14.8 Å². The SMILES string of the molecule is COc1cc(/C=N\NC(=O)CN(c2cc(C)cc(C)c2)S(=O)(=O)c2ccc(C)cc2)cc(Br)c1O. The zero-order valence-corrected chi connectivity index (χ0v) is 22.1. The molecule has 0 atom stereocenters. The van der Waals surface area contributed by atoms with Gasteiger partial charge in [-0.05, 0) is 89.8 Å². The number of carbonyl (C=O) groups excluding carboxylic acids is 1. The van der Waals surface area contributed by atoms with Crippen LogP contribution in [0.3, 0.4) is 0 Å². The molecule has 1 amide bonds. The van der Waals surface area contributed by atoms with E-state index in [4.69, 9.17) is 4.74 Å². The molecule has 0 aliphatic heterocycles. The molecule has 8 nitrogen and oxygen atoms in total. The largest absolute Gasteiger partial charge is 0.503 e. The van der Waals surface area contributed by atoms with Gasteiger partial charge in [-0.25, -0.2) is 13.8 Å². The van der Waals surface area contributed by atoms with Crippen molar-refractivity contribution >= 4 is 43.8 Å². The van der Waals surface area contributed by atoms with Crippen molar-refractivity contribution in [3.05, 3.63) is 81.3 Å². The second-order valence-corrected chi connectivity index (χ2v) is 10.7. The van der Waals surface area contributed by atoms with Crippen molar-refractivity contribution in [2.75, 3.05) is 18.0 Å². The van der Waals surface area contributed by atoms with Gasteiger partial charge in [0.25, 0.3) is 15.9 Å². The summed E-state index contributed by atoms with van der Waals surface area (Å²) in [5.41, 5.74) is 5.96. The Labute approximate surface area is 213 Å². The van der Waals surface area contributed by atoms with Gasteiger partial charge in [0.05, 0.1) is 28.4 Å². The third-order valence-electron chi connectivity index (χ3n) is 5.06. The van der Waals surface area contributed by atoms with Gasteiger partial charge in [-0.2, -0.15) is 5.10 Å². The highest BCUT2D eigenvalue weighted by atomic mass is 79.9. The first-order valence-electron chi connectivity index (χ1n) is 10.6. The van der Waals surface area contributed by atoms with Gasteiger partial charge in [-0.1, -0.05) is 23.8 Å². The summed E-state index contributed by atoms with van der Waals surface area (Å²) < 4.78 is 33.6. The van der Waals surface area contributed by atoms with Crippen LogP contribution in [0.25, 0.3) is 0 Å². The number of rotatable bonds is 8. The zero-order chi connectivity index (χ0) is 25.8. The van der Waals surface area contributed by atoms with Gasteiger partial charge < -0.3 is 9.84 Å². The lowest BCUT2D eigenvalue weighted by molar-refractivity contribution is -0.119. The van der Waals surface area contributed by atoms with Crippen LogP contribution in [0.4, 0.5) is 5.69 Å². The van der Waals surface area contributed by atoms with E-state index in [0.717, 1.165) is 21.0 Å². The molecule has 0 spiro atoms. The topological polar surface area (TPSA) is 108 Å². The average molecular weight is 560 g/mol. The highest BCUT2D eigenvalue weighted by Crippen LogP contribution is 2.34. The fourth-order valence-electron chi connectivity index (χ4n) is 3.42. The molecule has 184 valence electrons. The van der Waals surface area contributed by atoms with E-state index in [1.807, 2.05) is 26.8 Å². The summed E-state index contributed by atoms with van der Waals surface area (Å²) in [4.78, 5) is 12.8. The lowest BCUT2D eigenvalue weighted by atomic mass is 10.1. The summed E-state index contributed by atoms with van der Waals surface area (Å²) in [6, 6.07) is 15.0. The molecule has 0 fully saturated rings. The second kappa shape index (κ2) is 10.9. The predicted octanol–water partition coefficient (Wildman–Crippen LogP) is 4.43. The molecule has 0 radical (unpaired) electrons. The number of phenolic OH excluding ortho intramolecular Hbond substituents is 1. The quantitative estimate of drug-likeness (QED) is 0.313.